The van der Waals surface area contributed by atoms with Crippen molar-refractivity contribution in [1.82, 2.24) is 0 Å². The molecule has 0 amide bonds. The topological polar surface area (TPSA) is 55.7 Å². The summed E-state index contributed by atoms with van der Waals surface area (Å²) < 4.78 is 22.9. The van der Waals surface area contributed by atoms with E-state index in [1.165, 1.54) is 0 Å². The van der Waals surface area contributed by atoms with Crippen LogP contribution in [0.25, 0.3) is 0 Å². The summed E-state index contributed by atoms with van der Waals surface area (Å²) >= 11 is 12.1. The smallest absolute Gasteiger partial charge is 0.328 e. The minimum atomic E-state index is -3.07. The largest absolute Gasteiger partial charge is 0.464 e. The third kappa shape index (κ3) is 5.46. The van der Waals surface area contributed by atoms with Gasteiger partial charge in [-0.2, -0.15) is 0 Å². The highest BCUT2D eigenvalue weighted by Gasteiger charge is 2.18. The van der Waals surface area contributed by atoms with Crippen molar-refractivity contribution in [3.8, 4) is 0 Å². The first-order valence-electron chi connectivity index (χ1n) is 7.71. The molecule has 2 aromatic rings. The monoisotopic (exact) mass is 399 g/mol. The molecule has 0 fully saturated rings. The highest BCUT2D eigenvalue weighted by atomic mass is 35.5. The van der Waals surface area contributed by atoms with Crippen LogP contribution in [0.4, 0.5) is 0 Å². The molecule has 2 aromatic carbocycles. The number of halogens is 2. The Balaban J connectivity index is 2.44. The number of benzene rings is 2. The first-order chi connectivity index (χ1) is 11.8. The first-order valence-corrected chi connectivity index (χ1v) is 9.98. The average Bonchev–Trinajstić information content (AvgIpc) is 2.57. The van der Waals surface area contributed by atoms with Crippen molar-refractivity contribution in [2.45, 2.75) is 23.6 Å². The second-order valence-corrected chi connectivity index (χ2v) is 8.93. The van der Waals surface area contributed by atoms with Gasteiger partial charge in [-0.15, -0.1) is 0 Å². The van der Waals surface area contributed by atoms with Gasteiger partial charge >= 0.3 is 5.97 Å². The van der Waals surface area contributed by atoms with Gasteiger partial charge in [-0.1, -0.05) is 49.2 Å². The molecule has 0 heterocycles. The molecule has 0 bridgehead atoms. The molecule has 0 saturated heterocycles. The first kappa shape index (κ1) is 19.8. The zero-order chi connectivity index (χ0) is 18.4. The van der Waals surface area contributed by atoms with Crippen molar-refractivity contribution >= 4 is 38.9 Å². The molecule has 0 N–H and O–H groups in total. The van der Waals surface area contributed by atoms with Crippen LogP contribution >= 0.6 is 23.2 Å². The van der Waals surface area contributed by atoms with E-state index in [1.54, 1.807) is 48.5 Å². The number of rotatable bonds is 6. The summed E-state index contributed by atoms with van der Waals surface area (Å²) in [6.07, 6.45) is 0. The fourth-order valence-electron chi connectivity index (χ4n) is 2.01. The number of carbonyl (C=O) groups excluding carboxylic acids is 1. The standard InChI is InChI=1S/C18H19Cl2NO3S/c1-13(2)12-24-18(22)11-21-25(23,16-7-3-5-14(19)9-16)17-8-4-6-15(20)10-17/h3-10,13H,11-12H2,1-2H3. The van der Waals surface area contributed by atoms with Gasteiger partial charge in [0, 0.05) is 10.0 Å². The van der Waals surface area contributed by atoms with Crippen LogP contribution in [0.15, 0.2) is 62.7 Å². The summed E-state index contributed by atoms with van der Waals surface area (Å²) in [5, 5.41) is 0.870. The van der Waals surface area contributed by atoms with Crippen LogP contribution in [-0.4, -0.2) is 23.3 Å². The van der Waals surface area contributed by atoms with Crippen LogP contribution in [0.2, 0.25) is 10.0 Å². The summed E-state index contributed by atoms with van der Waals surface area (Å²) in [5.41, 5.74) is 0. The molecule has 0 aliphatic rings. The van der Waals surface area contributed by atoms with E-state index in [0.717, 1.165) is 0 Å². The Labute approximate surface area is 158 Å². The van der Waals surface area contributed by atoms with Gasteiger partial charge in [-0.05, 0) is 42.3 Å². The van der Waals surface area contributed by atoms with Gasteiger partial charge < -0.3 is 4.74 Å². The summed E-state index contributed by atoms with van der Waals surface area (Å²) in [6, 6.07) is 13.2. The van der Waals surface area contributed by atoms with E-state index in [4.69, 9.17) is 27.9 Å². The molecule has 0 spiro atoms. The Hall–Kier alpha value is -1.56. The van der Waals surface area contributed by atoms with Gasteiger partial charge in [0.05, 0.1) is 16.4 Å². The molecule has 0 atom stereocenters. The van der Waals surface area contributed by atoms with Crippen molar-refractivity contribution < 1.29 is 13.7 Å². The van der Waals surface area contributed by atoms with Gasteiger partial charge in [-0.25, -0.2) is 8.57 Å². The Morgan fingerprint density at radius 2 is 1.60 bits per heavy atom. The quantitative estimate of drug-likeness (QED) is 0.636. The molecule has 0 aliphatic heterocycles. The van der Waals surface area contributed by atoms with Crippen molar-refractivity contribution in [2.75, 3.05) is 13.2 Å². The van der Waals surface area contributed by atoms with E-state index < -0.39 is 15.7 Å². The molecular weight excluding hydrogens is 381 g/mol. The predicted octanol–water partition coefficient (Wildman–Crippen LogP) is 5.08. The van der Waals surface area contributed by atoms with E-state index in [2.05, 4.69) is 4.36 Å². The Morgan fingerprint density at radius 3 is 2.04 bits per heavy atom. The molecule has 2 rings (SSSR count). The molecule has 7 heteroatoms. The molecule has 0 aromatic heterocycles. The molecular formula is C18H19Cl2NO3S. The number of hydrogen-bond acceptors (Lipinski definition) is 4. The Bertz CT molecular complexity index is 823. The summed E-state index contributed by atoms with van der Waals surface area (Å²) in [6.45, 7) is 3.85. The Morgan fingerprint density at radius 1 is 1.08 bits per heavy atom. The van der Waals surface area contributed by atoms with Crippen molar-refractivity contribution in [2.24, 2.45) is 10.3 Å². The van der Waals surface area contributed by atoms with E-state index in [-0.39, 0.29) is 12.5 Å². The lowest BCUT2D eigenvalue weighted by Crippen LogP contribution is -2.14. The summed E-state index contributed by atoms with van der Waals surface area (Å²) in [4.78, 5) is 12.7. The Kier molecular flexibility index (Phi) is 6.87. The number of esters is 1. The maximum atomic E-state index is 13.6. The summed E-state index contributed by atoms with van der Waals surface area (Å²) in [5.74, 6) is -0.306. The number of hydrogen-bond donors (Lipinski definition) is 0. The SMILES string of the molecule is CC(C)COC(=O)CN=S(=O)(c1cccc(Cl)c1)c1cccc(Cl)c1. The zero-order valence-electron chi connectivity index (χ0n) is 13.9. The van der Waals surface area contributed by atoms with Gasteiger partial charge in [0.2, 0.25) is 0 Å². The lowest BCUT2D eigenvalue weighted by Gasteiger charge is -2.12. The lowest BCUT2D eigenvalue weighted by atomic mass is 10.2. The number of ether oxygens (including phenoxy) is 1. The predicted molar refractivity (Wildman–Crippen MR) is 101 cm³/mol. The molecule has 0 unspecified atom stereocenters. The zero-order valence-corrected chi connectivity index (χ0v) is 16.3. The van der Waals surface area contributed by atoms with E-state index >= 15 is 0 Å². The molecule has 0 aliphatic carbocycles. The van der Waals surface area contributed by atoms with Crippen molar-refractivity contribution in [3.05, 3.63) is 58.6 Å². The molecule has 4 nitrogen and oxygen atoms in total. The minimum absolute atomic E-state index is 0.217. The van der Waals surface area contributed by atoms with Crippen LogP contribution in [0.1, 0.15) is 13.8 Å². The van der Waals surface area contributed by atoms with E-state index in [9.17, 15) is 9.00 Å². The van der Waals surface area contributed by atoms with E-state index in [0.29, 0.717) is 26.4 Å². The molecule has 0 radical (unpaired) electrons. The van der Waals surface area contributed by atoms with Crippen LogP contribution < -0.4 is 0 Å². The third-order valence-electron chi connectivity index (χ3n) is 3.18. The van der Waals surface area contributed by atoms with Crippen molar-refractivity contribution in [1.29, 1.82) is 0 Å². The van der Waals surface area contributed by atoms with Gasteiger partial charge in [-0.3, -0.25) is 4.79 Å². The third-order valence-corrected chi connectivity index (χ3v) is 5.93. The van der Waals surface area contributed by atoms with Crippen molar-refractivity contribution in [3.63, 3.8) is 0 Å². The highest BCUT2D eigenvalue weighted by Crippen LogP contribution is 2.27. The second-order valence-electron chi connectivity index (χ2n) is 5.80. The number of carbonyl (C=O) groups is 1. The fraction of sp³-hybridized carbons (Fsp3) is 0.278. The van der Waals surface area contributed by atoms with Crippen LogP contribution in [0.5, 0.6) is 0 Å². The van der Waals surface area contributed by atoms with Gasteiger partial charge in [0.15, 0.2) is 0 Å². The normalized spacial score (nSPS) is 11.4. The number of nitrogens with zero attached hydrogens (tertiary/aromatic N) is 1. The van der Waals surface area contributed by atoms with Crippen LogP contribution in [0.3, 0.4) is 0 Å². The van der Waals surface area contributed by atoms with Crippen LogP contribution in [-0.2, 0) is 19.3 Å². The molecule has 0 saturated carbocycles. The second kappa shape index (κ2) is 8.70. The van der Waals surface area contributed by atoms with E-state index in [1.807, 2.05) is 13.8 Å². The lowest BCUT2D eigenvalue weighted by molar-refractivity contribution is -0.142. The van der Waals surface area contributed by atoms with Gasteiger partial charge in [0.25, 0.3) is 0 Å². The molecule has 134 valence electrons. The summed E-state index contributed by atoms with van der Waals surface area (Å²) in [7, 11) is -3.07. The van der Waals surface area contributed by atoms with Crippen LogP contribution in [0, 0.1) is 5.92 Å². The average molecular weight is 400 g/mol. The minimum Gasteiger partial charge on any atom is -0.464 e. The maximum absolute atomic E-state index is 13.6. The molecule has 25 heavy (non-hydrogen) atoms. The maximum Gasteiger partial charge on any atom is 0.328 e. The fourth-order valence-corrected chi connectivity index (χ4v) is 4.48. The van der Waals surface area contributed by atoms with Gasteiger partial charge in [0.1, 0.15) is 16.3 Å². The highest BCUT2D eigenvalue weighted by molar-refractivity contribution is 7.93.